The normalized spacial score (nSPS) is 16.4. The summed E-state index contributed by atoms with van der Waals surface area (Å²) in [6.07, 6.45) is 2.32. The first-order valence-corrected chi connectivity index (χ1v) is 4.04. The number of ether oxygens (including phenoxy) is 1. The molecule has 0 aromatic heterocycles. The molecule has 0 bridgehead atoms. The third-order valence-corrected chi connectivity index (χ3v) is 1.75. The quantitative estimate of drug-likeness (QED) is 0.558. The van der Waals surface area contributed by atoms with Crippen molar-refractivity contribution in [2.75, 3.05) is 20.3 Å². The van der Waals surface area contributed by atoms with E-state index in [2.05, 4.69) is 0 Å². The molecule has 0 rings (SSSR count). The lowest BCUT2D eigenvalue weighted by Crippen LogP contribution is -2.27. The van der Waals surface area contributed by atoms with E-state index in [0.717, 1.165) is 12.8 Å². The third kappa shape index (κ3) is 6.28. The molecule has 1 atom stereocenters. The van der Waals surface area contributed by atoms with Gasteiger partial charge in [-0.05, 0) is 32.7 Å². The van der Waals surface area contributed by atoms with E-state index in [4.69, 9.17) is 10.5 Å². The standard InChI is InChI=1S/C8H19NO2/c1-8(10,5-6-9)4-3-7-11-2/h10H,3-7,9H2,1-2H3. The van der Waals surface area contributed by atoms with Crippen LogP contribution in [0.25, 0.3) is 0 Å². The van der Waals surface area contributed by atoms with E-state index in [9.17, 15) is 5.11 Å². The highest BCUT2D eigenvalue weighted by Gasteiger charge is 2.17. The molecule has 0 amide bonds. The van der Waals surface area contributed by atoms with Crippen molar-refractivity contribution >= 4 is 0 Å². The van der Waals surface area contributed by atoms with Crippen LogP contribution >= 0.6 is 0 Å². The van der Waals surface area contributed by atoms with Gasteiger partial charge >= 0.3 is 0 Å². The highest BCUT2D eigenvalue weighted by atomic mass is 16.5. The van der Waals surface area contributed by atoms with Gasteiger partial charge in [-0.3, -0.25) is 0 Å². The highest BCUT2D eigenvalue weighted by molar-refractivity contribution is 4.72. The number of aliphatic hydroxyl groups is 1. The van der Waals surface area contributed by atoms with Gasteiger partial charge in [-0.2, -0.15) is 0 Å². The Hall–Kier alpha value is -0.120. The summed E-state index contributed by atoms with van der Waals surface area (Å²) in [6, 6.07) is 0. The molecule has 0 saturated carbocycles. The van der Waals surface area contributed by atoms with E-state index >= 15 is 0 Å². The fourth-order valence-corrected chi connectivity index (χ4v) is 1.03. The van der Waals surface area contributed by atoms with E-state index in [1.54, 1.807) is 7.11 Å². The SMILES string of the molecule is COCCCC(C)(O)CCN. The Kier molecular flexibility index (Phi) is 5.46. The summed E-state index contributed by atoms with van der Waals surface area (Å²) in [4.78, 5) is 0. The topological polar surface area (TPSA) is 55.5 Å². The summed E-state index contributed by atoms with van der Waals surface area (Å²) < 4.78 is 4.87. The predicted molar refractivity (Wildman–Crippen MR) is 45.4 cm³/mol. The fourth-order valence-electron chi connectivity index (χ4n) is 1.03. The molecular formula is C8H19NO2. The molecule has 3 N–H and O–H groups in total. The van der Waals surface area contributed by atoms with Crippen LogP contribution in [0.15, 0.2) is 0 Å². The molecular weight excluding hydrogens is 142 g/mol. The van der Waals surface area contributed by atoms with Crippen LogP contribution in [0.2, 0.25) is 0 Å². The lowest BCUT2D eigenvalue weighted by Gasteiger charge is -2.21. The number of hydrogen-bond donors (Lipinski definition) is 2. The van der Waals surface area contributed by atoms with E-state index in [1.165, 1.54) is 0 Å². The van der Waals surface area contributed by atoms with Gasteiger partial charge in [0, 0.05) is 13.7 Å². The Morgan fingerprint density at radius 2 is 2.09 bits per heavy atom. The van der Waals surface area contributed by atoms with Gasteiger partial charge < -0.3 is 15.6 Å². The molecule has 0 radical (unpaired) electrons. The molecule has 0 fully saturated rings. The van der Waals surface area contributed by atoms with Gasteiger partial charge in [0.05, 0.1) is 5.60 Å². The molecule has 11 heavy (non-hydrogen) atoms. The summed E-state index contributed by atoms with van der Waals surface area (Å²) in [5.41, 5.74) is 4.72. The molecule has 0 aliphatic rings. The van der Waals surface area contributed by atoms with Crippen LogP contribution in [-0.4, -0.2) is 31.0 Å². The largest absolute Gasteiger partial charge is 0.390 e. The van der Waals surface area contributed by atoms with E-state index in [1.807, 2.05) is 6.92 Å². The van der Waals surface area contributed by atoms with Crippen LogP contribution in [0.5, 0.6) is 0 Å². The Morgan fingerprint density at radius 3 is 2.55 bits per heavy atom. The maximum Gasteiger partial charge on any atom is 0.0632 e. The molecule has 0 aromatic carbocycles. The van der Waals surface area contributed by atoms with Crippen LogP contribution in [0.3, 0.4) is 0 Å². The summed E-state index contributed by atoms with van der Waals surface area (Å²) in [5, 5.41) is 9.61. The summed E-state index contributed by atoms with van der Waals surface area (Å²) in [6.45, 7) is 3.07. The molecule has 68 valence electrons. The first-order valence-electron chi connectivity index (χ1n) is 4.04. The third-order valence-electron chi connectivity index (χ3n) is 1.75. The van der Waals surface area contributed by atoms with Crippen molar-refractivity contribution in [3.8, 4) is 0 Å². The zero-order chi connectivity index (χ0) is 8.74. The van der Waals surface area contributed by atoms with Gasteiger partial charge in [-0.25, -0.2) is 0 Å². The molecule has 0 aliphatic carbocycles. The summed E-state index contributed by atoms with van der Waals surface area (Å²) in [7, 11) is 1.66. The monoisotopic (exact) mass is 161 g/mol. The van der Waals surface area contributed by atoms with Crippen molar-refractivity contribution in [1.29, 1.82) is 0 Å². The van der Waals surface area contributed by atoms with Crippen molar-refractivity contribution in [3.63, 3.8) is 0 Å². The van der Waals surface area contributed by atoms with Crippen LogP contribution in [0, 0.1) is 0 Å². The van der Waals surface area contributed by atoms with Crippen molar-refractivity contribution in [1.82, 2.24) is 0 Å². The highest BCUT2D eigenvalue weighted by Crippen LogP contribution is 2.15. The molecule has 1 unspecified atom stereocenters. The minimum absolute atomic E-state index is 0.542. The Balaban J connectivity index is 3.38. The van der Waals surface area contributed by atoms with Gasteiger partial charge in [-0.1, -0.05) is 0 Å². The number of rotatable bonds is 6. The van der Waals surface area contributed by atoms with E-state index in [0.29, 0.717) is 19.6 Å². The maximum atomic E-state index is 9.61. The van der Waals surface area contributed by atoms with Crippen molar-refractivity contribution in [2.45, 2.75) is 31.8 Å². The van der Waals surface area contributed by atoms with Gasteiger partial charge in [0.25, 0.3) is 0 Å². The predicted octanol–water partition coefficient (Wildman–Crippen LogP) is 0.513. The Labute approximate surface area is 68.5 Å². The first-order chi connectivity index (χ1) is 5.12. The van der Waals surface area contributed by atoms with Crippen LogP contribution in [-0.2, 0) is 4.74 Å². The summed E-state index contributed by atoms with van der Waals surface area (Å²) in [5.74, 6) is 0. The second-order valence-corrected chi connectivity index (χ2v) is 3.13. The Bertz CT molecular complexity index is 94.1. The number of hydrogen-bond acceptors (Lipinski definition) is 3. The molecule has 0 heterocycles. The van der Waals surface area contributed by atoms with E-state index in [-0.39, 0.29) is 0 Å². The lowest BCUT2D eigenvalue weighted by molar-refractivity contribution is 0.0348. The van der Waals surface area contributed by atoms with E-state index < -0.39 is 5.60 Å². The molecule has 0 aliphatic heterocycles. The molecule has 0 aromatic rings. The first kappa shape index (κ1) is 10.9. The zero-order valence-electron chi connectivity index (χ0n) is 7.47. The molecule has 0 saturated heterocycles. The van der Waals surface area contributed by atoms with Crippen LogP contribution in [0.1, 0.15) is 26.2 Å². The molecule has 3 nitrogen and oxygen atoms in total. The van der Waals surface area contributed by atoms with Crippen LogP contribution < -0.4 is 5.73 Å². The molecule has 0 spiro atoms. The minimum Gasteiger partial charge on any atom is -0.390 e. The Morgan fingerprint density at radius 1 is 1.45 bits per heavy atom. The van der Waals surface area contributed by atoms with Crippen molar-refractivity contribution in [3.05, 3.63) is 0 Å². The molecule has 3 heteroatoms. The zero-order valence-corrected chi connectivity index (χ0v) is 7.47. The number of nitrogens with two attached hydrogens (primary N) is 1. The van der Waals surface area contributed by atoms with Gasteiger partial charge in [-0.15, -0.1) is 0 Å². The van der Waals surface area contributed by atoms with Gasteiger partial charge in [0.1, 0.15) is 0 Å². The van der Waals surface area contributed by atoms with Gasteiger partial charge in [0.15, 0.2) is 0 Å². The second kappa shape index (κ2) is 5.52. The smallest absolute Gasteiger partial charge is 0.0632 e. The lowest BCUT2D eigenvalue weighted by atomic mass is 9.97. The average Bonchev–Trinajstić information content (AvgIpc) is 1.87. The second-order valence-electron chi connectivity index (χ2n) is 3.13. The average molecular weight is 161 g/mol. The van der Waals surface area contributed by atoms with Gasteiger partial charge in [0.2, 0.25) is 0 Å². The van der Waals surface area contributed by atoms with Crippen molar-refractivity contribution < 1.29 is 9.84 Å². The minimum atomic E-state index is -0.604. The van der Waals surface area contributed by atoms with Crippen molar-refractivity contribution in [2.24, 2.45) is 5.73 Å². The number of methoxy groups -OCH3 is 1. The van der Waals surface area contributed by atoms with Crippen LogP contribution in [0.4, 0.5) is 0 Å². The summed E-state index contributed by atoms with van der Waals surface area (Å²) >= 11 is 0. The fraction of sp³-hybridized carbons (Fsp3) is 1.00. The maximum absolute atomic E-state index is 9.61.